The molecule has 5 heteroatoms. The molecule has 0 radical (unpaired) electrons. The van der Waals surface area contributed by atoms with E-state index in [1.165, 1.54) is 10.8 Å². The number of amides is 1. The summed E-state index contributed by atoms with van der Waals surface area (Å²) in [5.74, 6) is 1.75. The molecule has 1 N–H and O–H groups in total. The van der Waals surface area contributed by atoms with Crippen molar-refractivity contribution in [3.05, 3.63) is 72.6 Å². The van der Waals surface area contributed by atoms with Gasteiger partial charge in [-0.2, -0.15) is 0 Å². The summed E-state index contributed by atoms with van der Waals surface area (Å²) < 4.78 is 8.17. The number of imidazole rings is 1. The van der Waals surface area contributed by atoms with Gasteiger partial charge in [-0.15, -0.1) is 0 Å². The lowest BCUT2D eigenvalue weighted by Crippen LogP contribution is -2.28. The number of ether oxygens (including phenoxy) is 1. The zero-order valence-electron chi connectivity index (χ0n) is 17.5. The molecule has 0 spiro atoms. The molecule has 5 nitrogen and oxygen atoms in total. The molecule has 154 valence electrons. The molecule has 30 heavy (non-hydrogen) atoms. The van der Waals surface area contributed by atoms with Gasteiger partial charge >= 0.3 is 0 Å². The third-order valence-corrected chi connectivity index (χ3v) is 5.19. The number of rotatable bonds is 8. The first kappa shape index (κ1) is 20.0. The Kier molecular flexibility index (Phi) is 5.98. The van der Waals surface area contributed by atoms with E-state index in [1.54, 1.807) is 0 Å². The van der Waals surface area contributed by atoms with E-state index in [9.17, 15) is 4.79 Å². The second-order valence-corrected chi connectivity index (χ2v) is 7.75. The monoisotopic (exact) mass is 401 g/mol. The van der Waals surface area contributed by atoms with Gasteiger partial charge in [-0.25, -0.2) is 4.98 Å². The first-order valence-corrected chi connectivity index (χ1v) is 10.5. The van der Waals surface area contributed by atoms with Gasteiger partial charge in [0, 0.05) is 12.5 Å². The van der Waals surface area contributed by atoms with Crippen molar-refractivity contribution in [3.8, 4) is 5.75 Å². The van der Waals surface area contributed by atoms with Gasteiger partial charge < -0.3 is 14.6 Å². The van der Waals surface area contributed by atoms with Crippen LogP contribution < -0.4 is 10.1 Å². The van der Waals surface area contributed by atoms with Crippen LogP contribution in [-0.4, -0.2) is 22.1 Å². The molecular formula is C25H27N3O2. The van der Waals surface area contributed by atoms with Crippen molar-refractivity contribution in [2.45, 2.75) is 33.4 Å². The Balaban J connectivity index is 1.42. The Morgan fingerprint density at radius 2 is 1.80 bits per heavy atom. The highest BCUT2D eigenvalue weighted by Crippen LogP contribution is 2.21. The molecule has 0 saturated carbocycles. The number of nitrogens with one attached hydrogen (secondary N) is 1. The number of aryl methyl sites for hydroxylation is 1. The molecule has 0 aliphatic heterocycles. The number of aromatic nitrogens is 2. The lowest BCUT2D eigenvalue weighted by molar-refractivity contribution is -0.124. The van der Waals surface area contributed by atoms with Crippen molar-refractivity contribution in [1.82, 2.24) is 14.9 Å². The quantitative estimate of drug-likeness (QED) is 0.426. The average molecular weight is 402 g/mol. The van der Waals surface area contributed by atoms with E-state index in [2.05, 4.69) is 40.2 Å². The fourth-order valence-corrected chi connectivity index (χ4v) is 3.55. The zero-order chi connectivity index (χ0) is 20.9. The highest BCUT2D eigenvalue weighted by atomic mass is 16.5. The topological polar surface area (TPSA) is 56.2 Å². The van der Waals surface area contributed by atoms with E-state index in [0.29, 0.717) is 13.2 Å². The predicted molar refractivity (Wildman–Crippen MR) is 120 cm³/mol. The fraction of sp³-hybridized carbons (Fsp3) is 0.280. The Hall–Kier alpha value is -3.34. The van der Waals surface area contributed by atoms with Crippen LogP contribution in [-0.2, 0) is 17.9 Å². The van der Waals surface area contributed by atoms with Crippen molar-refractivity contribution >= 4 is 27.7 Å². The van der Waals surface area contributed by atoms with Crippen molar-refractivity contribution in [2.75, 3.05) is 6.61 Å². The molecule has 0 aliphatic carbocycles. The number of benzene rings is 3. The van der Waals surface area contributed by atoms with Gasteiger partial charge in [0.15, 0.2) is 0 Å². The first-order valence-electron chi connectivity index (χ1n) is 10.5. The van der Waals surface area contributed by atoms with Crippen LogP contribution in [0.5, 0.6) is 5.75 Å². The van der Waals surface area contributed by atoms with Crippen LogP contribution in [0.4, 0.5) is 0 Å². The fourth-order valence-electron chi connectivity index (χ4n) is 3.55. The van der Waals surface area contributed by atoms with Crippen molar-refractivity contribution < 1.29 is 9.53 Å². The predicted octanol–water partition coefficient (Wildman–Crippen LogP) is 4.93. The Bertz CT molecular complexity index is 1160. The highest BCUT2D eigenvalue weighted by molar-refractivity contribution is 5.83. The maximum atomic E-state index is 12.0. The third-order valence-electron chi connectivity index (χ3n) is 5.19. The summed E-state index contributed by atoms with van der Waals surface area (Å²) >= 11 is 0. The van der Waals surface area contributed by atoms with E-state index in [0.717, 1.165) is 35.6 Å². The SMILES string of the molecule is CC(C)C(=O)NCc1nc2ccccc2n1CCCOc1ccc2ccccc2c1. The number of hydrogen-bond acceptors (Lipinski definition) is 3. The van der Waals surface area contributed by atoms with Gasteiger partial charge in [-0.1, -0.05) is 56.3 Å². The van der Waals surface area contributed by atoms with Crippen LogP contribution in [0.15, 0.2) is 66.7 Å². The van der Waals surface area contributed by atoms with Crippen LogP contribution in [0.25, 0.3) is 21.8 Å². The molecule has 1 amide bonds. The number of para-hydroxylation sites is 2. The summed E-state index contributed by atoms with van der Waals surface area (Å²) in [5, 5.41) is 5.37. The van der Waals surface area contributed by atoms with Crippen molar-refractivity contribution in [3.63, 3.8) is 0 Å². The van der Waals surface area contributed by atoms with E-state index in [-0.39, 0.29) is 11.8 Å². The van der Waals surface area contributed by atoms with Gasteiger partial charge in [0.05, 0.1) is 24.2 Å². The Labute approximate surface area is 176 Å². The largest absolute Gasteiger partial charge is 0.494 e. The van der Waals surface area contributed by atoms with Gasteiger partial charge in [-0.05, 0) is 41.5 Å². The Morgan fingerprint density at radius 1 is 1.03 bits per heavy atom. The molecule has 0 aliphatic rings. The molecule has 1 heterocycles. The molecule has 0 saturated heterocycles. The number of nitrogens with zero attached hydrogens (tertiary/aromatic N) is 2. The minimum atomic E-state index is -0.0434. The molecule has 0 unspecified atom stereocenters. The number of fused-ring (bicyclic) bond motifs is 2. The van der Waals surface area contributed by atoms with Gasteiger partial charge in [0.1, 0.15) is 11.6 Å². The maximum Gasteiger partial charge on any atom is 0.222 e. The maximum absolute atomic E-state index is 12.0. The van der Waals surface area contributed by atoms with E-state index < -0.39 is 0 Å². The summed E-state index contributed by atoms with van der Waals surface area (Å²) in [4.78, 5) is 16.7. The summed E-state index contributed by atoms with van der Waals surface area (Å²) in [6, 6.07) is 22.5. The van der Waals surface area contributed by atoms with Gasteiger partial charge in [0.25, 0.3) is 0 Å². The molecule has 1 aromatic heterocycles. The first-order chi connectivity index (χ1) is 14.6. The zero-order valence-corrected chi connectivity index (χ0v) is 17.5. The second kappa shape index (κ2) is 8.99. The van der Waals surface area contributed by atoms with Gasteiger partial charge in [-0.3, -0.25) is 4.79 Å². The summed E-state index contributed by atoms with van der Waals surface area (Å²) in [7, 11) is 0. The van der Waals surface area contributed by atoms with Crippen LogP contribution in [0.1, 0.15) is 26.1 Å². The summed E-state index contributed by atoms with van der Waals surface area (Å²) in [6.07, 6.45) is 0.846. The van der Waals surface area contributed by atoms with Crippen LogP contribution in [0.3, 0.4) is 0 Å². The third kappa shape index (κ3) is 4.46. The minimum absolute atomic E-state index is 0.0354. The van der Waals surface area contributed by atoms with E-state index in [1.807, 2.05) is 50.2 Å². The summed E-state index contributed by atoms with van der Waals surface area (Å²) in [6.45, 7) is 5.60. The number of hydrogen-bond donors (Lipinski definition) is 1. The molecule has 3 aromatic carbocycles. The summed E-state index contributed by atoms with van der Waals surface area (Å²) in [5.41, 5.74) is 2.03. The molecule has 4 aromatic rings. The number of carbonyl (C=O) groups is 1. The second-order valence-electron chi connectivity index (χ2n) is 7.75. The molecular weight excluding hydrogens is 374 g/mol. The lowest BCUT2D eigenvalue weighted by atomic mass is 10.1. The van der Waals surface area contributed by atoms with Crippen molar-refractivity contribution in [2.24, 2.45) is 5.92 Å². The average Bonchev–Trinajstić information content (AvgIpc) is 3.12. The van der Waals surface area contributed by atoms with E-state index in [4.69, 9.17) is 9.72 Å². The van der Waals surface area contributed by atoms with Crippen LogP contribution in [0.2, 0.25) is 0 Å². The highest BCUT2D eigenvalue weighted by Gasteiger charge is 2.13. The molecule has 0 bridgehead atoms. The lowest BCUT2D eigenvalue weighted by Gasteiger charge is -2.12. The Morgan fingerprint density at radius 3 is 2.63 bits per heavy atom. The van der Waals surface area contributed by atoms with Crippen LogP contribution in [0, 0.1) is 5.92 Å². The molecule has 4 rings (SSSR count). The smallest absolute Gasteiger partial charge is 0.222 e. The van der Waals surface area contributed by atoms with Crippen LogP contribution >= 0.6 is 0 Å². The molecule has 0 fully saturated rings. The molecule has 0 atom stereocenters. The number of carbonyl (C=O) groups excluding carboxylic acids is 1. The van der Waals surface area contributed by atoms with Gasteiger partial charge in [0.2, 0.25) is 5.91 Å². The van der Waals surface area contributed by atoms with Crippen molar-refractivity contribution in [1.29, 1.82) is 0 Å². The standard InChI is InChI=1S/C25H27N3O2/c1-18(2)25(29)26-17-24-27-22-10-5-6-11-23(22)28(24)14-7-15-30-21-13-12-19-8-3-4-9-20(19)16-21/h3-6,8-13,16,18H,7,14-15,17H2,1-2H3,(H,26,29). The normalized spacial score (nSPS) is 11.3. The minimum Gasteiger partial charge on any atom is -0.494 e. The van der Waals surface area contributed by atoms with E-state index >= 15 is 0 Å².